The van der Waals surface area contributed by atoms with Gasteiger partial charge in [0.05, 0.1) is 11.1 Å². The van der Waals surface area contributed by atoms with Crippen LogP contribution >= 0.6 is 11.6 Å². The number of carbonyl (C=O) groups excluding carboxylic acids is 1. The van der Waals surface area contributed by atoms with Crippen LogP contribution in [0.1, 0.15) is 30.1 Å². The molecule has 1 saturated carbocycles. The Hall–Kier alpha value is -1.61. The fourth-order valence-electron chi connectivity index (χ4n) is 2.51. The standard InChI is InChI=1S/C16H17ClN2O/c1-10(11-6-7-11)9-18-16(20)13-8-15(17)19-14-5-3-2-4-12(13)14/h2-5,8,10-11H,6-7,9H2,1H3,(H,18,20). The normalized spacial score (nSPS) is 16.1. The molecule has 0 aliphatic heterocycles. The number of aromatic nitrogens is 1. The molecule has 1 unspecified atom stereocenters. The molecule has 1 amide bonds. The highest BCUT2D eigenvalue weighted by molar-refractivity contribution is 6.30. The Morgan fingerprint density at radius 1 is 1.45 bits per heavy atom. The van der Waals surface area contributed by atoms with Gasteiger partial charge in [0.25, 0.3) is 5.91 Å². The molecule has 0 radical (unpaired) electrons. The summed E-state index contributed by atoms with van der Waals surface area (Å²) < 4.78 is 0. The molecule has 0 saturated heterocycles. The number of hydrogen-bond acceptors (Lipinski definition) is 2. The molecular weight excluding hydrogens is 272 g/mol. The molecule has 1 atom stereocenters. The Morgan fingerprint density at radius 2 is 2.20 bits per heavy atom. The molecule has 0 spiro atoms. The molecule has 1 aromatic carbocycles. The summed E-state index contributed by atoms with van der Waals surface area (Å²) in [4.78, 5) is 16.6. The summed E-state index contributed by atoms with van der Waals surface area (Å²) in [5.41, 5.74) is 1.35. The van der Waals surface area contributed by atoms with E-state index in [0.29, 0.717) is 16.6 Å². The summed E-state index contributed by atoms with van der Waals surface area (Å²) in [5.74, 6) is 1.26. The lowest BCUT2D eigenvalue weighted by atomic mass is 10.1. The lowest BCUT2D eigenvalue weighted by Crippen LogP contribution is -2.29. The molecule has 3 nitrogen and oxygen atoms in total. The minimum absolute atomic E-state index is 0.0713. The fraction of sp³-hybridized carbons (Fsp3) is 0.375. The third-order valence-corrected chi connectivity index (χ3v) is 4.13. The number of carbonyl (C=O) groups is 1. The predicted octanol–water partition coefficient (Wildman–Crippen LogP) is 3.66. The average molecular weight is 289 g/mol. The van der Waals surface area contributed by atoms with E-state index in [0.717, 1.165) is 23.4 Å². The van der Waals surface area contributed by atoms with E-state index in [-0.39, 0.29) is 5.91 Å². The van der Waals surface area contributed by atoms with Gasteiger partial charge in [0.2, 0.25) is 0 Å². The second-order valence-electron chi connectivity index (χ2n) is 5.53. The van der Waals surface area contributed by atoms with Crippen molar-refractivity contribution in [2.24, 2.45) is 11.8 Å². The number of nitrogens with one attached hydrogen (secondary N) is 1. The van der Waals surface area contributed by atoms with Crippen molar-refractivity contribution in [2.75, 3.05) is 6.54 Å². The van der Waals surface area contributed by atoms with Gasteiger partial charge in [-0.05, 0) is 36.8 Å². The molecule has 1 fully saturated rings. The molecule has 1 aliphatic rings. The van der Waals surface area contributed by atoms with E-state index >= 15 is 0 Å². The SMILES string of the molecule is CC(CNC(=O)c1cc(Cl)nc2ccccc12)C1CC1. The van der Waals surface area contributed by atoms with Crippen molar-refractivity contribution < 1.29 is 4.79 Å². The van der Waals surface area contributed by atoms with Gasteiger partial charge in [-0.3, -0.25) is 4.79 Å². The molecule has 2 aromatic rings. The zero-order valence-electron chi connectivity index (χ0n) is 11.4. The quantitative estimate of drug-likeness (QED) is 0.872. The highest BCUT2D eigenvalue weighted by Gasteiger charge is 2.28. The predicted molar refractivity (Wildman–Crippen MR) is 81.0 cm³/mol. The maximum atomic E-state index is 12.4. The van der Waals surface area contributed by atoms with E-state index in [1.807, 2.05) is 24.3 Å². The van der Waals surface area contributed by atoms with Gasteiger partial charge in [0.1, 0.15) is 5.15 Å². The van der Waals surface area contributed by atoms with E-state index in [1.54, 1.807) is 6.07 Å². The number of fused-ring (bicyclic) bond motifs is 1. The largest absolute Gasteiger partial charge is 0.352 e. The summed E-state index contributed by atoms with van der Waals surface area (Å²) in [7, 11) is 0. The Balaban J connectivity index is 1.83. The maximum absolute atomic E-state index is 12.4. The second kappa shape index (κ2) is 5.41. The molecule has 1 heterocycles. The lowest BCUT2D eigenvalue weighted by Gasteiger charge is -2.12. The van der Waals surface area contributed by atoms with Crippen LogP contribution in [0.2, 0.25) is 5.15 Å². The van der Waals surface area contributed by atoms with Gasteiger partial charge in [-0.2, -0.15) is 0 Å². The molecule has 104 valence electrons. The fourth-order valence-corrected chi connectivity index (χ4v) is 2.71. The van der Waals surface area contributed by atoms with Crippen LogP contribution < -0.4 is 5.32 Å². The smallest absolute Gasteiger partial charge is 0.252 e. The second-order valence-corrected chi connectivity index (χ2v) is 5.92. The summed E-state index contributed by atoms with van der Waals surface area (Å²) in [5, 5.41) is 4.21. The molecular formula is C16H17ClN2O. The van der Waals surface area contributed by atoms with Crippen molar-refractivity contribution >= 4 is 28.4 Å². The first-order valence-corrected chi connectivity index (χ1v) is 7.36. The van der Waals surface area contributed by atoms with E-state index in [2.05, 4.69) is 17.2 Å². The Morgan fingerprint density at radius 3 is 2.95 bits per heavy atom. The Kier molecular flexibility index (Phi) is 3.62. The van der Waals surface area contributed by atoms with Crippen LogP contribution in [0, 0.1) is 11.8 Å². The molecule has 3 rings (SSSR count). The monoisotopic (exact) mass is 288 g/mol. The summed E-state index contributed by atoms with van der Waals surface area (Å²) in [6.07, 6.45) is 2.59. The van der Waals surface area contributed by atoms with Gasteiger partial charge in [-0.1, -0.05) is 36.7 Å². The van der Waals surface area contributed by atoms with E-state index in [4.69, 9.17) is 11.6 Å². The highest BCUT2D eigenvalue weighted by atomic mass is 35.5. The van der Waals surface area contributed by atoms with E-state index in [9.17, 15) is 4.79 Å². The topological polar surface area (TPSA) is 42.0 Å². The van der Waals surface area contributed by atoms with Crippen molar-refractivity contribution in [1.29, 1.82) is 0 Å². The molecule has 4 heteroatoms. The lowest BCUT2D eigenvalue weighted by molar-refractivity contribution is 0.0948. The minimum atomic E-state index is -0.0713. The van der Waals surface area contributed by atoms with Gasteiger partial charge in [-0.25, -0.2) is 4.98 Å². The van der Waals surface area contributed by atoms with Gasteiger partial charge in [0, 0.05) is 11.9 Å². The first kappa shape index (κ1) is 13.4. The zero-order chi connectivity index (χ0) is 14.1. The summed E-state index contributed by atoms with van der Waals surface area (Å²) in [6, 6.07) is 9.20. The van der Waals surface area contributed by atoms with Crippen LogP contribution in [0.15, 0.2) is 30.3 Å². The number of rotatable bonds is 4. The van der Waals surface area contributed by atoms with Gasteiger partial charge in [0.15, 0.2) is 0 Å². The molecule has 1 aliphatic carbocycles. The molecule has 20 heavy (non-hydrogen) atoms. The van der Waals surface area contributed by atoms with Gasteiger partial charge < -0.3 is 5.32 Å². The van der Waals surface area contributed by atoms with E-state index < -0.39 is 0 Å². The molecule has 1 N–H and O–H groups in total. The van der Waals surface area contributed by atoms with Crippen molar-refractivity contribution in [3.8, 4) is 0 Å². The van der Waals surface area contributed by atoms with Crippen LogP contribution in [-0.2, 0) is 0 Å². The number of amides is 1. The van der Waals surface area contributed by atoms with Crippen molar-refractivity contribution in [3.63, 3.8) is 0 Å². The Bertz CT molecular complexity index is 652. The van der Waals surface area contributed by atoms with Crippen molar-refractivity contribution in [2.45, 2.75) is 19.8 Å². The van der Waals surface area contributed by atoms with Crippen molar-refractivity contribution in [3.05, 3.63) is 41.0 Å². The number of nitrogens with zero attached hydrogens (tertiary/aromatic N) is 1. The summed E-state index contributed by atoms with van der Waals surface area (Å²) >= 11 is 6.00. The highest BCUT2D eigenvalue weighted by Crippen LogP contribution is 2.36. The maximum Gasteiger partial charge on any atom is 0.252 e. The number of para-hydroxylation sites is 1. The van der Waals surface area contributed by atoms with Crippen LogP contribution in [0.4, 0.5) is 0 Å². The van der Waals surface area contributed by atoms with Crippen LogP contribution in [0.5, 0.6) is 0 Å². The molecule has 0 bridgehead atoms. The van der Waals surface area contributed by atoms with Crippen LogP contribution in [-0.4, -0.2) is 17.4 Å². The number of pyridine rings is 1. The minimum Gasteiger partial charge on any atom is -0.352 e. The van der Waals surface area contributed by atoms with Gasteiger partial charge in [-0.15, -0.1) is 0 Å². The van der Waals surface area contributed by atoms with E-state index in [1.165, 1.54) is 12.8 Å². The number of halogens is 1. The first-order valence-electron chi connectivity index (χ1n) is 6.98. The van der Waals surface area contributed by atoms with Gasteiger partial charge >= 0.3 is 0 Å². The molecule has 1 aromatic heterocycles. The third kappa shape index (κ3) is 2.78. The zero-order valence-corrected chi connectivity index (χ0v) is 12.2. The third-order valence-electron chi connectivity index (χ3n) is 3.94. The summed E-state index contributed by atoms with van der Waals surface area (Å²) in [6.45, 7) is 2.91. The number of hydrogen-bond donors (Lipinski definition) is 1. The first-order chi connectivity index (χ1) is 9.65. The van der Waals surface area contributed by atoms with Crippen LogP contribution in [0.3, 0.4) is 0 Å². The van der Waals surface area contributed by atoms with Crippen molar-refractivity contribution in [1.82, 2.24) is 10.3 Å². The average Bonchev–Trinajstić information content (AvgIpc) is 3.28. The Labute approximate surface area is 123 Å². The number of benzene rings is 1. The van der Waals surface area contributed by atoms with Crippen LogP contribution in [0.25, 0.3) is 10.9 Å².